The Morgan fingerprint density at radius 2 is 2.35 bits per heavy atom. The SMILES string of the molecule is CCC1OCCC1C(=O)c1c(Br)cnn1CCN(C)C. The molecule has 6 heteroatoms. The lowest BCUT2D eigenvalue weighted by Crippen LogP contribution is -2.28. The predicted octanol–water partition coefficient (Wildman–Crippen LogP) is 2.21. The number of nitrogens with zero attached hydrogens (tertiary/aromatic N) is 3. The molecule has 2 atom stereocenters. The summed E-state index contributed by atoms with van der Waals surface area (Å²) in [6.45, 7) is 4.31. The van der Waals surface area contributed by atoms with Crippen molar-refractivity contribution in [2.75, 3.05) is 27.2 Å². The fraction of sp³-hybridized carbons (Fsp3) is 0.714. The molecule has 1 aromatic heterocycles. The summed E-state index contributed by atoms with van der Waals surface area (Å²) >= 11 is 3.46. The highest BCUT2D eigenvalue weighted by Crippen LogP contribution is 2.29. The second-order valence-corrected chi connectivity index (χ2v) is 6.30. The molecule has 2 unspecified atom stereocenters. The average Bonchev–Trinajstić information content (AvgIpc) is 3.01. The van der Waals surface area contributed by atoms with Gasteiger partial charge in [-0.1, -0.05) is 6.92 Å². The average molecular weight is 344 g/mol. The number of ketones is 1. The first kappa shape index (κ1) is 15.7. The number of ether oxygens (including phenoxy) is 1. The molecule has 0 amide bonds. The summed E-state index contributed by atoms with van der Waals surface area (Å²) in [5, 5.41) is 4.31. The zero-order valence-corrected chi connectivity index (χ0v) is 13.9. The molecule has 1 aromatic rings. The Morgan fingerprint density at radius 3 is 3.00 bits per heavy atom. The van der Waals surface area contributed by atoms with Gasteiger partial charge < -0.3 is 9.64 Å². The second-order valence-electron chi connectivity index (χ2n) is 5.44. The maximum Gasteiger partial charge on any atom is 0.187 e. The van der Waals surface area contributed by atoms with Crippen LogP contribution in [0.5, 0.6) is 0 Å². The second kappa shape index (κ2) is 6.83. The largest absolute Gasteiger partial charge is 0.377 e. The Kier molecular flexibility index (Phi) is 5.35. The van der Waals surface area contributed by atoms with E-state index in [1.807, 2.05) is 14.1 Å². The Morgan fingerprint density at radius 1 is 1.60 bits per heavy atom. The van der Waals surface area contributed by atoms with Gasteiger partial charge in [-0.3, -0.25) is 9.48 Å². The van der Waals surface area contributed by atoms with Crippen LogP contribution < -0.4 is 0 Å². The summed E-state index contributed by atoms with van der Waals surface area (Å²) < 4.78 is 8.22. The molecule has 1 aliphatic heterocycles. The standard InChI is InChI=1S/C14H22BrN3O2/c1-4-12-10(5-8-20-12)14(19)13-11(15)9-16-18(13)7-6-17(2)3/h9-10,12H,4-8H2,1-3H3. The van der Waals surface area contributed by atoms with Crippen molar-refractivity contribution in [2.45, 2.75) is 32.4 Å². The number of rotatable bonds is 6. The van der Waals surface area contributed by atoms with Gasteiger partial charge in [0.2, 0.25) is 0 Å². The molecule has 0 bridgehead atoms. The highest BCUT2D eigenvalue weighted by atomic mass is 79.9. The van der Waals surface area contributed by atoms with Gasteiger partial charge in [-0.15, -0.1) is 0 Å². The lowest BCUT2D eigenvalue weighted by atomic mass is 9.93. The third kappa shape index (κ3) is 3.30. The number of aromatic nitrogens is 2. The van der Waals surface area contributed by atoms with Crippen molar-refractivity contribution in [3.05, 3.63) is 16.4 Å². The van der Waals surface area contributed by atoms with Gasteiger partial charge in [-0.2, -0.15) is 5.10 Å². The summed E-state index contributed by atoms with van der Waals surface area (Å²) in [6.07, 6.45) is 3.44. The van der Waals surface area contributed by atoms with Crippen molar-refractivity contribution < 1.29 is 9.53 Å². The van der Waals surface area contributed by atoms with Crippen molar-refractivity contribution in [3.63, 3.8) is 0 Å². The van der Waals surface area contributed by atoms with Gasteiger partial charge in [0.25, 0.3) is 0 Å². The molecule has 0 radical (unpaired) electrons. The van der Waals surface area contributed by atoms with E-state index in [1.165, 1.54) is 0 Å². The first-order valence-electron chi connectivity index (χ1n) is 7.06. The molecule has 2 rings (SSSR count). The van der Waals surface area contributed by atoms with Gasteiger partial charge in [0.1, 0.15) is 5.69 Å². The summed E-state index contributed by atoms with van der Waals surface area (Å²) in [4.78, 5) is 14.9. The van der Waals surface area contributed by atoms with E-state index < -0.39 is 0 Å². The number of hydrogen-bond acceptors (Lipinski definition) is 4. The van der Waals surface area contributed by atoms with Crippen LogP contribution in [0.4, 0.5) is 0 Å². The van der Waals surface area contributed by atoms with Crippen LogP contribution >= 0.6 is 15.9 Å². The van der Waals surface area contributed by atoms with Crippen LogP contribution in [0.1, 0.15) is 30.3 Å². The van der Waals surface area contributed by atoms with E-state index in [0.717, 1.165) is 23.9 Å². The Labute approximate surface area is 128 Å². The minimum Gasteiger partial charge on any atom is -0.377 e. The van der Waals surface area contributed by atoms with Crippen molar-refractivity contribution >= 4 is 21.7 Å². The lowest BCUT2D eigenvalue weighted by Gasteiger charge is -2.17. The third-order valence-electron chi connectivity index (χ3n) is 3.74. The van der Waals surface area contributed by atoms with E-state index in [0.29, 0.717) is 18.8 Å². The summed E-state index contributed by atoms with van der Waals surface area (Å²) in [7, 11) is 4.02. The van der Waals surface area contributed by atoms with Gasteiger partial charge >= 0.3 is 0 Å². The summed E-state index contributed by atoms with van der Waals surface area (Å²) in [6, 6.07) is 0. The monoisotopic (exact) mass is 343 g/mol. The van der Waals surface area contributed by atoms with Gasteiger partial charge in [0.05, 0.1) is 29.2 Å². The molecule has 5 nitrogen and oxygen atoms in total. The number of halogens is 1. The number of Topliss-reactive ketones (excluding diaryl/α,β-unsaturated/α-hetero) is 1. The Hall–Kier alpha value is -0.720. The molecule has 112 valence electrons. The molecule has 0 aromatic carbocycles. The molecular formula is C14H22BrN3O2. The van der Waals surface area contributed by atoms with Gasteiger partial charge in [-0.05, 0) is 42.9 Å². The van der Waals surface area contributed by atoms with E-state index in [9.17, 15) is 4.79 Å². The van der Waals surface area contributed by atoms with Crippen molar-refractivity contribution in [1.29, 1.82) is 0 Å². The first-order valence-corrected chi connectivity index (χ1v) is 7.85. The molecule has 1 saturated heterocycles. The van der Waals surface area contributed by atoms with Crippen LogP contribution in [-0.4, -0.2) is 53.8 Å². The lowest BCUT2D eigenvalue weighted by molar-refractivity contribution is 0.0680. The minimum absolute atomic E-state index is 0.0360. The third-order valence-corrected chi connectivity index (χ3v) is 4.32. The van der Waals surface area contributed by atoms with E-state index in [-0.39, 0.29) is 17.8 Å². The van der Waals surface area contributed by atoms with Crippen LogP contribution in [0, 0.1) is 5.92 Å². The van der Waals surface area contributed by atoms with Crippen LogP contribution in [0.3, 0.4) is 0 Å². The van der Waals surface area contributed by atoms with Crippen LogP contribution in [0.2, 0.25) is 0 Å². The van der Waals surface area contributed by atoms with Crippen LogP contribution in [0.25, 0.3) is 0 Å². The number of hydrogen-bond donors (Lipinski definition) is 0. The maximum atomic E-state index is 12.8. The Balaban J connectivity index is 2.18. The van der Waals surface area contributed by atoms with Gasteiger partial charge in [-0.25, -0.2) is 0 Å². The molecule has 1 aliphatic rings. The molecular weight excluding hydrogens is 322 g/mol. The molecule has 20 heavy (non-hydrogen) atoms. The summed E-state index contributed by atoms with van der Waals surface area (Å²) in [5.74, 6) is 0.114. The van der Waals surface area contributed by atoms with Crippen LogP contribution in [-0.2, 0) is 11.3 Å². The van der Waals surface area contributed by atoms with Crippen LogP contribution in [0.15, 0.2) is 10.7 Å². The fourth-order valence-electron chi connectivity index (χ4n) is 2.60. The van der Waals surface area contributed by atoms with E-state index >= 15 is 0 Å². The van der Waals surface area contributed by atoms with E-state index in [1.54, 1.807) is 10.9 Å². The topological polar surface area (TPSA) is 47.4 Å². The number of carbonyl (C=O) groups excluding carboxylic acids is 1. The van der Waals surface area contributed by atoms with E-state index in [4.69, 9.17) is 4.74 Å². The fourth-order valence-corrected chi connectivity index (χ4v) is 3.09. The van der Waals surface area contributed by atoms with Gasteiger partial charge in [0, 0.05) is 13.2 Å². The molecule has 1 fully saturated rings. The molecule has 2 heterocycles. The quantitative estimate of drug-likeness (QED) is 0.743. The normalized spacial score (nSPS) is 22.6. The van der Waals surface area contributed by atoms with Crippen molar-refractivity contribution in [1.82, 2.24) is 14.7 Å². The van der Waals surface area contributed by atoms with Crippen molar-refractivity contribution in [2.24, 2.45) is 5.92 Å². The zero-order valence-electron chi connectivity index (χ0n) is 12.3. The first-order chi connectivity index (χ1) is 9.54. The zero-order chi connectivity index (χ0) is 14.7. The maximum absolute atomic E-state index is 12.8. The molecule has 0 N–H and O–H groups in total. The molecule has 0 saturated carbocycles. The minimum atomic E-state index is -0.0360. The highest BCUT2D eigenvalue weighted by molar-refractivity contribution is 9.10. The van der Waals surface area contributed by atoms with Gasteiger partial charge in [0.15, 0.2) is 5.78 Å². The highest BCUT2D eigenvalue weighted by Gasteiger charge is 2.35. The predicted molar refractivity (Wildman–Crippen MR) is 80.9 cm³/mol. The number of likely N-dealkylation sites (N-methyl/N-ethyl adjacent to an activating group) is 1. The van der Waals surface area contributed by atoms with Crippen molar-refractivity contribution in [3.8, 4) is 0 Å². The molecule has 0 spiro atoms. The summed E-state index contributed by atoms with van der Waals surface area (Å²) in [5.41, 5.74) is 0.681. The molecule has 0 aliphatic carbocycles. The number of carbonyl (C=O) groups is 1. The smallest absolute Gasteiger partial charge is 0.187 e. The van der Waals surface area contributed by atoms with E-state index in [2.05, 4.69) is 32.9 Å². The Bertz CT molecular complexity index is 473.